The molecule has 0 spiro atoms. The highest BCUT2D eigenvalue weighted by Crippen LogP contribution is 2.26. The van der Waals surface area contributed by atoms with Gasteiger partial charge in [0.25, 0.3) is 0 Å². The number of aromatic nitrogens is 1. The van der Waals surface area contributed by atoms with Gasteiger partial charge in [-0.3, -0.25) is 0 Å². The molecule has 0 bridgehead atoms. The first kappa shape index (κ1) is 20.7. The van der Waals surface area contributed by atoms with Crippen molar-refractivity contribution in [2.45, 2.75) is 27.7 Å². The van der Waals surface area contributed by atoms with Gasteiger partial charge in [-0.2, -0.15) is 0 Å². The first-order valence-corrected chi connectivity index (χ1v) is 9.71. The summed E-state index contributed by atoms with van der Waals surface area (Å²) in [6.07, 6.45) is 0. The molecule has 0 unspecified atom stereocenters. The number of anilines is 1. The van der Waals surface area contributed by atoms with E-state index in [1.165, 1.54) is 16.4 Å². The van der Waals surface area contributed by atoms with E-state index in [0.717, 1.165) is 48.7 Å². The van der Waals surface area contributed by atoms with Crippen LogP contribution in [0.1, 0.15) is 27.7 Å². The molecule has 0 amide bonds. The second kappa shape index (κ2) is 9.89. The zero-order valence-corrected chi connectivity index (χ0v) is 17.2. The van der Waals surface area contributed by atoms with E-state index in [2.05, 4.69) is 74.1 Å². The molecule has 6 heteroatoms. The summed E-state index contributed by atoms with van der Waals surface area (Å²) in [6.45, 7) is 12.6. The van der Waals surface area contributed by atoms with Crippen LogP contribution < -0.4 is 14.8 Å². The van der Waals surface area contributed by atoms with E-state index in [0.29, 0.717) is 0 Å². The van der Waals surface area contributed by atoms with Crippen molar-refractivity contribution < 1.29 is 4.42 Å². The van der Waals surface area contributed by atoms with Crippen molar-refractivity contribution in [3.05, 3.63) is 41.8 Å². The van der Waals surface area contributed by atoms with Crippen LogP contribution in [0, 0.1) is 10.7 Å². The molecular weight excluding hydrogens is 356 g/mol. The summed E-state index contributed by atoms with van der Waals surface area (Å²) in [6, 6.07) is 12.5. The maximum absolute atomic E-state index is 7.13. The topological polar surface area (TPSA) is 56.1 Å². The normalized spacial score (nSPS) is 10.2. The summed E-state index contributed by atoms with van der Waals surface area (Å²) in [5.41, 5.74) is 3.81. The maximum Gasteiger partial charge on any atom is 0.203 e. The lowest BCUT2D eigenvalue weighted by Crippen LogP contribution is -2.29. The quantitative estimate of drug-likeness (QED) is 0.292. The molecule has 0 N–H and O–H groups in total. The molecule has 1 heterocycles. The van der Waals surface area contributed by atoms with Crippen LogP contribution in [0.5, 0.6) is 0 Å². The predicted octanol–water partition coefficient (Wildman–Crippen LogP) is 3.61. The first-order chi connectivity index (χ1) is 13.1. The van der Waals surface area contributed by atoms with E-state index in [-0.39, 0.29) is 0 Å². The molecule has 0 saturated heterocycles. The minimum atomic E-state index is 0.837. The Morgan fingerprint density at radius 1 is 1.07 bits per heavy atom. The molecule has 0 atom stereocenters. The van der Waals surface area contributed by atoms with Gasteiger partial charge in [0.15, 0.2) is 11.3 Å². The molecule has 27 heavy (non-hydrogen) atoms. The summed E-state index contributed by atoms with van der Waals surface area (Å²) in [4.78, 5) is 7.06. The Bertz CT molecular complexity index is 964. The minimum absolute atomic E-state index is 0.837. The second-order valence-electron chi connectivity index (χ2n) is 5.95. The van der Waals surface area contributed by atoms with Gasteiger partial charge in [0, 0.05) is 30.9 Å². The molecule has 1 aliphatic carbocycles. The van der Waals surface area contributed by atoms with Gasteiger partial charge in [0.2, 0.25) is 5.36 Å². The van der Waals surface area contributed by atoms with Crippen molar-refractivity contribution in [2.75, 3.05) is 31.1 Å². The fourth-order valence-electron chi connectivity index (χ4n) is 3.17. The standard InChI is InChI=1S/C20H26N3O.CHNS/c1-5-22(6-2)15-9-11-17-19(13-15)24-20-14-16(23(7-3)8-4)10-12-18(20)21-17;2-1-3/h9-14H,5-8H2,1-4H3;3H/q+1;/p-1. The molecule has 3 rings (SSSR count). The van der Waals surface area contributed by atoms with Crippen LogP contribution in [-0.4, -0.2) is 31.2 Å². The third-order valence-corrected chi connectivity index (χ3v) is 4.60. The van der Waals surface area contributed by atoms with E-state index in [1.807, 2.05) is 12.1 Å². The Labute approximate surface area is 166 Å². The Morgan fingerprint density at radius 2 is 1.74 bits per heavy atom. The van der Waals surface area contributed by atoms with Crippen molar-refractivity contribution in [2.24, 2.45) is 0 Å². The largest absolute Gasteiger partial charge is 0.696 e. The lowest BCUT2D eigenvalue weighted by molar-refractivity contribution is 0.600. The van der Waals surface area contributed by atoms with Gasteiger partial charge in [-0.15, -0.1) is 0 Å². The summed E-state index contributed by atoms with van der Waals surface area (Å²) in [5.74, 6) is 0.837. The van der Waals surface area contributed by atoms with Gasteiger partial charge >= 0.3 is 0 Å². The Morgan fingerprint density at radius 3 is 2.33 bits per heavy atom. The SMILES string of the molecule is CCN(CC)c1ccc2nc3ccc(=[N+](CC)CC)cc-3oc2c1.N#C[S-]. The van der Waals surface area contributed by atoms with Crippen LogP contribution in [0.4, 0.5) is 5.69 Å². The zero-order chi connectivity index (χ0) is 19.8. The number of hydrogen-bond donors (Lipinski definition) is 0. The van der Waals surface area contributed by atoms with Gasteiger partial charge in [0.05, 0.1) is 6.07 Å². The van der Waals surface area contributed by atoms with Crippen LogP contribution in [-0.2, 0) is 12.6 Å². The fourth-order valence-corrected chi connectivity index (χ4v) is 3.17. The minimum Gasteiger partial charge on any atom is -0.696 e. The molecule has 2 aliphatic rings. The van der Waals surface area contributed by atoms with Crippen LogP contribution in [0.2, 0.25) is 0 Å². The molecular formula is C21H26N4OS. The summed E-state index contributed by atoms with van der Waals surface area (Å²) >= 11 is 3.70. The third-order valence-electron chi connectivity index (χ3n) is 4.60. The summed E-state index contributed by atoms with van der Waals surface area (Å²) < 4.78 is 8.50. The number of fused-ring (bicyclic) bond motifs is 2. The smallest absolute Gasteiger partial charge is 0.203 e. The van der Waals surface area contributed by atoms with Crippen molar-refractivity contribution >= 4 is 29.4 Å². The summed E-state index contributed by atoms with van der Waals surface area (Å²) in [5, 5.41) is 9.65. The van der Waals surface area contributed by atoms with E-state index in [1.54, 1.807) is 0 Å². The molecule has 5 nitrogen and oxygen atoms in total. The number of benzene rings is 2. The predicted molar refractivity (Wildman–Crippen MR) is 114 cm³/mol. The average Bonchev–Trinajstić information content (AvgIpc) is 2.69. The van der Waals surface area contributed by atoms with E-state index >= 15 is 0 Å². The van der Waals surface area contributed by atoms with Gasteiger partial charge in [-0.25, -0.2) is 14.8 Å². The summed E-state index contributed by atoms with van der Waals surface area (Å²) in [7, 11) is 0. The van der Waals surface area contributed by atoms with Gasteiger partial charge in [-0.1, -0.05) is 5.40 Å². The van der Waals surface area contributed by atoms with Crippen LogP contribution >= 0.6 is 0 Å². The Kier molecular flexibility index (Phi) is 7.56. The third kappa shape index (κ3) is 4.75. The number of nitrogens with zero attached hydrogens (tertiary/aromatic N) is 4. The van der Waals surface area contributed by atoms with Gasteiger partial charge < -0.3 is 21.9 Å². The first-order valence-electron chi connectivity index (χ1n) is 9.30. The van der Waals surface area contributed by atoms with Gasteiger partial charge in [0.1, 0.15) is 24.3 Å². The number of nitriles is 1. The Balaban J connectivity index is 0.000000817. The van der Waals surface area contributed by atoms with E-state index in [9.17, 15) is 0 Å². The number of thiocyanates is 1. The molecule has 1 aromatic carbocycles. The van der Waals surface area contributed by atoms with E-state index < -0.39 is 0 Å². The lowest BCUT2D eigenvalue weighted by Gasteiger charge is -2.21. The number of rotatable bonds is 5. The van der Waals surface area contributed by atoms with Crippen molar-refractivity contribution in [1.82, 2.24) is 9.56 Å². The van der Waals surface area contributed by atoms with Crippen molar-refractivity contribution in [3.8, 4) is 16.9 Å². The fraction of sp³-hybridized carbons (Fsp3) is 0.381. The maximum atomic E-state index is 7.13. The van der Waals surface area contributed by atoms with Crippen molar-refractivity contribution in [1.29, 1.82) is 5.26 Å². The highest BCUT2D eigenvalue weighted by molar-refractivity contribution is 7.64. The highest BCUT2D eigenvalue weighted by atomic mass is 32.1. The average molecular weight is 383 g/mol. The second-order valence-corrected chi connectivity index (χ2v) is 6.14. The van der Waals surface area contributed by atoms with Crippen LogP contribution in [0.25, 0.3) is 22.6 Å². The van der Waals surface area contributed by atoms with Gasteiger partial charge in [-0.05, 0) is 45.9 Å². The molecule has 0 radical (unpaired) electrons. The molecule has 0 saturated carbocycles. The molecule has 1 aliphatic heterocycles. The lowest BCUT2D eigenvalue weighted by atomic mass is 10.2. The molecule has 0 fully saturated rings. The van der Waals surface area contributed by atoms with E-state index in [4.69, 9.17) is 14.7 Å². The number of hydrogen-bond acceptors (Lipinski definition) is 5. The molecule has 0 aromatic heterocycles. The van der Waals surface area contributed by atoms with Crippen LogP contribution in [0.3, 0.4) is 0 Å². The van der Waals surface area contributed by atoms with Crippen molar-refractivity contribution in [3.63, 3.8) is 0 Å². The molecule has 1 aromatic rings. The zero-order valence-electron chi connectivity index (χ0n) is 16.4. The highest BCUT2D eigenvalue weighted by Gasteiger charge is 2.12. The molecule has 142 valence electrons. The Hall–Kier alpha value is -2.65. The van der Waals surface area contributed by atoms with Crippen LogP contribution in [0.15, 0.2) is 40.8 Å². The monoisotopic (exact) mass is 382 g/mol.